The van der Waals surface area contributed by atoms with Gasteiger partial charge in [0.1, 0.15) is 5.82 Å². The average Bonchev–Trinajstić information content (AvgIpc) is 2.86. The van der Waals surface area contributed by atoms with Gasteiger partial charge in [0.15, 0.2) is 11.5 Å². The molecule has 3 aromatic heterocycles. The molecule has 1 N–H and O–H groups in total. The Bertz CT molecular complexity index is 1170. The molecular formula is C27H37FN4O3. The number of methoxy groups -OCH3 is 2. The fraction of sp³-hybridized carbons (Fsp3) is 0.519. The summed E-state index contributed by atoms with van der Waals surface area (Å²) in [6.45, 7) is 7.75. The largest absolute Gasteiger partial charge is 0.493 e. The smallest absolute Gasteiger partial charge is 0.251 e. The third-order valence-corrected chi connectivity index (χ3v) is 6.75. The van der Waals surface area contributed by atoms with Crippen molar-refractivity contribution in [3.8, 4) is 11.5 Å². The van der Waals surface area contributed by atoms with Crippen LogP contribution in [0.3, 0.4) is 0 Å². The Morgan fingerprint density at radius 2 is 1.77 bits per heavy atom. The Balaban J connectivity index is 1.60. The van der Waals surface area contributed by atoms with Crippen molar-refractivity contribution >= 4 is 11.0 Å². The second-order valence-electron chi connectivity index (χ2n) is 9.27. The van der Waals surface area contributed by atoms with Crippen molar-refractivity contribution in [3.05, 3.63) is 58.5 Å². The van der Waals surface area contributed by atoms with Crippen LogP contribution in [0, 0.1) is 17.7 Å². The minimum Gasteiger partial charge on any atom is -0.493 e. The van der Waals surface area contributed by atoms with Crippen molar-refractivity contribution in [2.45, 2.75) is 65.6 Å². The van der Waals surface area contributed by atoms with E-state index in [2.05, 4.69) is 36.1 Å². The summed E-state index contributed by atoms with van der Waals surface area (Å²) < 4.78 is 26.1. The van der Waals surface area contributed by atoms with Gasteiger partial charge in [0.25, 0.3) is 5.56 Å². The van der Waals surface area contributed by atoms with E-state index in [9.17, 15) is 9.18 Å². The number of fused-ring (bicyclic) bond motifs is 1. The van der Waals surface area contributed by atoms with Crippen molar-refractivity contribution in [3.63, 3.8) is 0 Å². The van der Waals surface area contributed by atoms with Crippen molar-refractivity contribution in [2.75, 3.05) is 14.2 Å². The molecule has 3 aromatic rings. The summed E-state index contributed by atoms with van der Waals surface area (Å²) in [6, 6.07) is 6.82. The first kappa shape index (κ1) is 26.6. The number of nitrogens with zero attached hydrogens (tertiary/aromatic N) is 3. The van der Waals surface area contributed by atoms with Crippen LogP contribution in [-0.4, -0.2) is 34.8 Å². The van der Waals surface area contributed by atoms with E-state index in [1.165, 1.54) is 18.3 Å². The van der Waals surface area contributed by atoms with Crippen LogP contribution < -0.4 is 20.3 Å². The molecule has 3 unspecified atom stereocenters. The summed E-state index contributed by atoms with van der Waals surface area (Å²) in [7, 11) is 3.22. The Kier molecular flexibility index (Phi) is 9.60. The molecule has 3 atom stereocenters. The van der Waals surface area contributed by atoms with Crippen LogP contribution in [-0.2, 0) is 13.1 Å². The molecule has 0 bridgehead atoms. The van der Waals surface area contributed by atoms with Crippen LogP contribution in [0.15, 0.2) is 41.5 Å². The van der Waals surface area contributed by atoms with E-state index in [0.717, 1.165) is 31.4 Å². The molecule has 3 heterocycles. The average molecular weight is 485 g/mol. The van der Waals surface area contributed by atoms with Crippen LogP contribution in [0.2, 0.25) is 0 Å². The highest BCUT2D eigenvalue weighted by molar-refractivity contribution is 5.74. The minimum absolute atomic E-state index is 0.128. The van der Waals surface area contributed by atoms with Gasteiger partial charge in [-0.2, -0.15) is 0 Å². The Morgan fingerprint density at radius 3 is 2.49 bits per heavy atom. The molecule has 0 amide bonds. The van der Waals surface area contributed by atoms with E-state index >= 15 is 0 Å². The number of aromatic nitrogens is 3. The molecule has 7 nitrogen and oxygen atoms in total. The number of hydrogen-bond donors (Lipinski definition) is 1. The molecule has 0 radical (unpaired) electrons. The maximum atomic E-state index is 13.8. The molecule has 35 heavy (non-hydrogen) atoms. The lowest BCUT2D eigenvalue weighted by Crippen LogP contribution is -2.30. The molecule has 0 aliphatic heterocycles. The molecule has 0 spiro atoms. The van der Waals surface area contributed by atoms with Gasteiger partial charge in [0.2, 0.25) is 0 Å². The second kappa shape index (κ2) is 12.6. The van der Waals surface area contributed by atoms with E-state index in [1.807, 2.05) is 6.07 Å². The van der Waals surface area contributed by atoms with E-state index in [0.29, 0.717) is 47.6 Å². The standard InChI is InChI=1S/C27H37FN4O3/c1-6-7-21(29-15-22-13-25(34-4)26(35-5)16-30-22)9-8-18(2)19(3)17-32-24-12-20(28)14-31-23(24)10-11-27(32)33/h10-14,16,18-19,21,29H,6-9,15,17H2,1-5H3. The van der Waals surface area contributed by atoms with Crippen LogP contribution in [0.25, 0.3) is 11.0 Å². The summed E-state index contributed by atoms with van der Waals surface area (Å²) >= 11 is 0. The first-order valence-corrected chi connectivity index (χ1v) is 12.3. The van der Waals surface area contributed by atoms with Crippen molar-refractivity contribution in [1.82, 2.24) is 19.9 Å². The Morgan fingerprint density at radius 1 is 1.00 bits per heavy atom. The first-order chi connectivity index (χ1) is 16.9. The molecule has 0 fully saturated rings. The Labute approximate surface area is 206 Å². The molecule has 0 saturated heterocycles. The summed E-state index contributed by atoms with van der Waals surface area (Å²) in [5, 5.41) is 3.65. The lowest BCUT2D eigenvalue weighted by molar-refractivity contribution is 0.296. The fourth-order valence-electron chi connectivity index (χ4n) is 4.37. The van der Waals surface area contributed by atoms with Gasteiger partial charge in [0.05, 0.1) is 43.3 Å². The third-order valence-electron chi connectivity index (χ3n) is 6.75. The SMILES string of the molecule is CCCC(CCC(C)C(C)Cn1c(=O)ccc2ncc(F)cc21)NCc1cc(OC)c(OC)cn1. The normalized spacial score (nSPS) is 14.0. The lowest BCUT2D eigenvalue weighted by Gasteiger charge is -2.25. The maximum absolute atomic E-state index is 13.8. The summed E-state index contributed by atoms with van der Waals surface area (Å²) in [5.74, 6) is 1.49. The van der Waals surface area contributed by atoms with Crippen LogP contribution in [0.5, 0.6) is 11.5 Å². The van der Waals surface area contributed by atoms with Gasteiger partial charge >= 0.3 is 0 Å². The highest BCUT2D eigenvalue weighted by atomic mass is 19.1. The summed E-state index contributed by atoms with van der Waals surface area (Å²) in [5.41, 5.74) is 1.95. The molecule has 190 valence electrons. The Hall–Kier alpha value is -3.00. The molecule has 0 aliphatic rings. The zero-order valence-corrected chi connectivity index (χ0v) is 21.4. The lowest BCUT2D eigenvalue weighted by atomic mass is 9.89. The van der Waals surface area contributed by atoms with Gasteiger partial charge in [-0.3, -0.25) is 14.8 Å². The van der Waals surface area contributed by atoms with E-state index in [-0.39, 0.29) is 11.5 Å². The van der Waals surface area contributed by atoms with Crippen LogP contribution in [0.1, 0.15) is 52.1 Å². The number of pyridine rings is 3. The van der Waals surface area contributed by atoms with Gasteiger partial charge in [-0.25, -0.2) is 4.39 Å². The van der Waals surface area contributed by atoms with Gasteiger partial charge in [-0.15, -0.1) is 0 Å². The fourth-order valence-corrected chi connectivity index (χ4v) is 4.37. The van der Waals surface area contributed by atoms with Gasteiger partial charge < -0.3 is 19.4 Å². The van der Waals surface area contributed by atoms with Crippen molar-refractivity contribution in [1.29, 1.82) is 0 Å². The molecular weight excluding hydrogens is 447 g/mol. The predicted molar refractivity (Wildman–Crippen MR) is 136 cm³/mol. The predicted octanol–water partition coefficient (Wildman–Crippen LogP) is 4.96. The van der Waals surface area contributed by atoms with Gasteiger partial charge in [-0.1, -0.05) is 27.2 Å². The number of hydrogen-bond acceptors (Lipinski definition) is 6. The first-order valence-electron chi connectivity index (χ1n) is 12.3. The highest BCUT2D eigenvalue weighted by Gasteiger charge is 2.18. The van der Waals surface area contributed by atoms with Crippen LogP contribution >= 0.6 is 0 Å². The molecule has 3 rings (SSSR count). The summed E-state index contributed by atoms with van der Waals surface area (Å²) in [6.07, 6.45) is 7.07. The summed E-state index contributed by atoms with van der Waals surface area (Å²) in [4.78, 5) is 21.1. The molecule has 0 aliphatic carbocycles. The quantitative estimate of drug-likeness (QED) is 0.370. The molecule has 0 aromatic carbocycles. The topological polar surface area (TPSA) is 78.3 Å². The maximum Gasteiger partial charge on any atom is 0.251 e. The van der Waals surface area contributed by atoms with Crippen molar-refractivity contribution < 1.29 is 13.9 Å². The number of halogens is 1. The highest BCUT2D eigenvalue weighted by Crippen LogP contribution is 2.26. The van der Waals surface area contributed by atoms with Gasteiger partial charge in [0, 0.05) is 37.3 Å². The van der Waals surface area contributed by atoms with Gasteiger partial charge in [-0.05, 0) is 37.2 Å². The molecule has 8 heteroatoms. The monoisotopic (exact) mass is 484 g/mol. The number of rotatable bonds is 13. The van der Waals surface area contributed by atoms with E-state index in [1.54, 1.807) is 31.0 Å². The third kappa shape index (κ3) is 7.01. The zero-order valence-electron chi connectivity index (χ0n) is 21.4. The van der Waals surface area contributed by atoms with E-state index in [4.69, 9.17) is 9.47 Å². The zero-order chi connectivity index (χ0) is 25.4. The van der Waals surface area contributed by atoms with Crippen LogP contribution in [0.4, 0.5) is 4.39 Å². The second-order valence-corrected chi connectivity index (χ2v) is 9.27. The number of ether oxygens (including phenoxy) is 2. The molecule has 0 saturated carbocycles. The number of nitrogens with one attached hydrogen (secondary N) is 1. The minimum atomic E-state index is -0.435. The van der Waals surface area contributed by atoms with Crippen molar-refractivity contribution in [2.24, 2.45) is 11.8 Å². The van der Waals surface area contributed by atoms with E-state index < -0.39 is 5.82 Å².